The maximum atomic E-state index is 12.1. The largest absolute Gasteiger partial charge is 0.305 e. The van der Waals surface area contributed by atoms with E-state index in [1.54, 1.807) is 29.2 Å². The second kappa shape index (κ2) is 6.63. The average Bonchev–Trinajstić information content (AvgIpc) is 2.57. The summed E-state index contributed by atoms with van der Waals surface area (Å²) < 4.78 is 1.68. The number of rotatable bonds is 4. The van der Waals surface area contributed by atoms with Gasteiger partial charge < -0.3 is 0 Å². The van der Waals surface area contributed by atoms with E-state index in [1.807, 2.05) is 42.7 Å². The molecular formula is C18H16N3O+. The molecular weight excluding hydrogens is 274 g/mol. The molecule has 0 spiro atoms. The molecule has 4 heteroatoms. The first-order valence-corrected chi connectivity index (χ1v) is 7.07. The lowest BCUT2D eigenvalue weighted by Gasteiger charge is -2.02. The lowest BCUT2D eigenvalue weighted by atomic mass is 10.1. The van der Waals surface area contributed by atoms with Crippen LogP contribution in [0.15, 0.2) is 79.4 Å². The Morgan fingerprint density at radius 1 is 0.955 bits per heavy atom. The molecule has 0 aliphatic heterocycles. The van der Waals surface area contributed by atoms with E-state index in [1.165, 1.54) is 5.56 Å². The van der Waals surface area contributed by atoms with E-state index in [0.717, 1.165) is 12.0 Å². The maximum absolute atomic E-state index is 12.1. The van der Waals surface area contributed by atoms with Crippen molar-refractivity contribution in [2.75, 3.05) is 5.43 Å². The van der Waals surface area contributed by atoms with E-state index in [9.17, 15) is 4.79 Å². The van der Waals surface area contributed by atoms with Crippen molar-refractivity contribution in [3.63, 3.8) is 0 Å². The van der Waals surface area contributed by atoms with Crippen molar-refractivity contribution in [3.05, 3.63) is 96.1 Å². The van der Waals surface area contributed by atoms with Gasteiger partial charge in [-0.15, -0.1) is 5.43 Å². The molecule has 0 unspecified atom stereocenters. The van der Waals surface area contributed by atoms with Crippen LogP contribution in [0.3, 0.4) is 0 Å². The molecule has 4 nitrogen and oxygen atoms in total. The molecule has 1 aromatic carbocycles. The van der Waals surface area contributed by atoms with Crippen LogP contribution < -0.4 is 10.1 Å². The van der Waals surface area contributed by atoms with Gasteiger partial charge in [0.1, 0.15) is 0 Å². The van der Waals surface area contributed by atoms with Gasteiger partial charge in [-0.3, -0.25) is 9.78 Å². The van der Waals surface area contributed by atoms with E-state index in [0.29, 0.717) is 5.56 Å². The molecule has 0 aliphatic rings. The van der Waals surface area contributed by atoms with E-state index < -0.39 is 0 Å². The van der Waals surface area contributed by atoms with Gasteiger partial charge in [-0.2, -0.15) is 0 Å². The van der Waals surface area contributed by atoms with E-state index in [2.05, 4.69) is 22.5 Å². The molecule has 1 amide bonds. The third kappa shape index (κ3) is 3.55. The number of carbonyl (C=O) groups is 1. The summed E-state index contributed by atoms with van der Waals surface area (Å²) in [5.41, 5.74) is 5.78. The Kier molecular flexibility index (Phi) is 4.20. The topological polar surface area (TPSA) is 45.9 Å². The van der Waals surface area contributed by atoms with Crippen LogP contribution in [0.2, 0.25) is 0 Å². The van der Waals surface area contributed by atoms with Crippen LogP contribution in [0.1, 0.15) is 21.5 Å². The standard InChI is InChI=1S/C18H15N3O/c22-18(17-8-10-19-11-9-17)20-21-12-4-7-16(14-21)13-15-5-2-1-3-6-15/h1-12,14H,13H2/p+1. The Hall–Kier alpha value is -3.01. The van der Waals surface area contributed by atoms with Crippen LogP contribution in [0.4, 0.5) is 0 Å². The SMILES string of the molecule is O=C(N[n+]1cccc(Cc2ccccc2)c1)c1ccncc1. The van der Waals surface area contributed by atoms with Gasteiger partial charge in [0.25, 0.3) is 0 Å². The molecule has 3 rings (SSSR count). The van der Waals surface area contributed by atoms with Crippen LogP contribution in [0, 0.1) is 0 Å². The second-order valence-electron chi connectivity index (χ2n) is 4.96. The molecule has 0 atom stereocenters. The van der Waals surface area contributed by atoms with Gasteiger partial charge in [0.2, 0.25) is 6.20 Å². The zero-order chi connectivity index (χ0) is 15.2. The number of hydrogen-bond acceptors (Lipinski definition) is 2. The van der Waals surface area contributed by atoms with Crippen molar-refractivity contribution < 1.29 is 9.47 Å². The normalized spacial score (nSPS) is 10.2. The number of carbonyl (C=O) groups excluding carboxylic acids is 1. The van der Waals surface area contributed by atoms with Crippen molar-refractivity contribution in [2.24, 2.45) is 0 Å². The van der Waals surface area contributed by atoms with Gasteiger partial charge in [0.05, 0.1) is 0 Å². The van der Waals surface area contributed by atoms with Crippen molar-refractivity contribution in [1.29, 1.82) is 0 Å². The minimum atomic E-state index is -0.163. The highest BCUT2D eigenvalue weighted by atomic mass is 16.2. The van der Waals surface area contributed by atoms with Crippen LogP contribution in [-0.2, 0) is 6.42 Å². The second-order valence-corrected chi connectivity index (χ2v) is 4.96. The zero-order valence-electron chi connectivity index (χ0n) is 12.0. The van der Waals surface area contributed by atoms with Crippen molar-refractivity contribution in [3.8, 4) is 0 Å². The summed E-state index contributed by atoms with van der Waals surface area (Å²) in [5, 5.41) is 0. The Morgan fingerprint density at radius 3 is 2.45 bits per heavy atom. The number of nitrogens with zero attached hydrogens (tertiary/aromatic N) is 2. The van der Waals surface area contributed by atoms with E-state index >= 15 is 0 Å². The van der Waals surface area contributed by atoms with E-state index in [4.69, 9.17) is 0 Å². The van der Waals surface area contributed by atoms with Gasteiger partial charge in [0, 0.05) is 36.0 Å². The molecule has 0 radical (unpaired) electrons. The fourth-order valence-corrected chi connectivity index (χ4v) is 2.21. The molecule has 3 aromatic rings. The highest BCUT2D eigenvalue weighted by Gasteiger charge is 2.11. The first-order valence-electron chi connectivity index (χ1n) is 7.07. The summed E-state index contributed by atoms with van der Waals surface area (Å²) in [6.07, 6.45) is 7.77. The van der Waals surface area contributed by atoms with Gasteiger partial charge in [-0.25, -0.2) is 0 Å². The monoisotopic (exact) mass is 290 g/mol. The fourth-order valence-electron chi connectivity index (χ4n) is 2.21. The number of nitrogens with one attached hydrogen (secondary N) is 1. The quantitative estimate of drug-likeness (QED) is 0.750. The van der Waals surface area contributed by atoms with Gasteiger partial charge in [0.15, 0.2) is 6.20 Å². The minimum absolute atomic E-state index is 0.163. The molecule has 0 fully saturated rings. The summed E-state index contributed by atoms with van der Waals surface area (Å²) in [4.78, 5) is 16.0. The molecule has 2 aromatic heterocycles. The first-order chi connectivity index (χ1) is 10.8. The number of pyridine rings is 2. The van der Waals surface area contributed by atoms with E-state index in [-0.39, 0.29) is 5.91 Å². The van der Waals surface area contributed by atoms with Crippen molar-refractivity contribution in [1.82, 2.24) is 4.98 Å². The number of aromatic nitrogens is 2. The molecule has 0 saturated heterocycles. The predicted molar refractivity (Wildman–Crippen MR) is 83.8 cm³/mol. The molecule has 0 bridgehead atoms. The number of amides is 1. The van der Waals surface area contributed by atoms with Gasteiger partial charge >= 0.3 is 5.91 Å². The summed E-state index contributed by atoms with van der Waals surface area (Å²) >= 11 is 0. The highest BCUT2D eigenvalue weighted by molar-refractivity contribution is 5.98. The fraction of sp³-hybridized carbons (Fsp3) is 0.0556. The Morgan fingerprint density at radius 2 is 1.68 bits per heavy atom. The third-order valence-corrected chi connectivity index (χ3v) is 3.29. The Balaban J connectivity index is 1.73. The highest BCUT2D eigenvalue weighted by Crippen LogP contribution is 2.06. The third-order valence-electron chi connectivity index (χ3n) is 3.29. The summed E-state index contributed by atoms with van der Waals surface area (Å²) in [5.74, 6) is -0.163. The maximum Gasteiger partial charge on any atom is 0.305 e. The van der Waals surface area contributed by atoms with Crippen molar-refractivity contribution >= 4 is 5.91 Å². The van der Waals surface area contributed by atoms with Crippen LogP contribution in [0.25, 0.3) is 0 Å². The van der Waals surface area contributed by atoms with Gasteiger partial charge in [-0.05, 0) is 23.8 Å². The van der Waals surface area contributed by atoms with Crippen LogP contribution in [0.5, 0.6) is 0 Å². The lowest BCUT2D eigenvalue weighted by Crippen LogP contribution is -2.48. The Bertz CT molecular complexity index is 758. The molecule has 2 heterocycles. The average molecular weight is 290 g/mol. The molecule has 0 aliphatic carbocycles. The van der Waals surface area contributed by atoms with Crippen LogP contribution in [-0.4, -0.2) is 10.9 Å². The zero-order valence-corrected chi connectivity index (χ0v) is 12.0. The van der Waals surface area contributed by atoms with Crippen LogP contribution >= 0.6 is 0 Å². The summed E-state index contributed by atoms with van der Waals surface area (Å²) in [6, 6.07) is 17.6. The predicted octanol–water partition coefficient (Wildman–Crippen LogP) is 2.34. The number of benzene rings is 1. The molecule has 22 heavy (non-hydrogen) atoms. The summed E-state index contributed by atoms with van der Waals surface area (Å²) in [7, 11) is 0. The number of hydrogen-bond donors (Lipinski definition) is 1. The lowest BCUT2D eigenvalue weighted by molar-refractivity contribution is -0.641. The van der Waals surface area contributed by atoms with Gasteiger partial charge in [-0.1, -0.05) is 35.0 Å². The smallest absolute Gasteiger partial charge is 0.265 e. The molecule has 0 saturated carbocycles. The summed E-state index contributed by atoms with van der Waals surface area (Å²) in [6.45, 7) is 0. The van der Waals surface area contributed by atoms with Crippen molar-refractivity contribution in [2.45, 2.75) is 6.42 Å². The first kappa shape index (κ1) is 13.9. The molecule has 1 N–H and O–H groups in total. The minimum Gasteiger partial charge on any atom is -0.265 e. The Labute approximate surface area is 129 Å². The molecule has 108 valence electrons.